The van der Waals surface area contributed by atoms with Crippen molar-refractivity contribution >= 4 is 17.2 Å². The minimum Gasteiger partial charge on any atom is -0.497 e. The molecule has 0 bridgehead atoms. The summed E-state index contributed by atoms with van der Waals surface area (Å²) in [4.78, 5) is 1.01. The molecule has 2 N–H and O–H groups in total. The Labute approximate surface area is 125 Å². The van der Waals surface area contributed by atoms with Crippen LogP contribution in [0.25, 0.3) is 21.7 Å². The summed E-state index contributed by atoms with van der Waals surface area (Å²) in [6.45, 7) is 0. The van der Waals surface area contributed by atoms with Gasteiger partial charge in [0, 0.05) is 16.5 Å². The monoisotopic (exact) mass is 302 g/mol. The standard InChI is InChI=1S/C15H14N2O3S/c1-18-10-6-9(7-11(8-10)19-2)14-13(15(16)20-17-14)12-4-3-5-21-12/h3-8H,16H2,1-2H3. The van der Waals surface area contributed by atoms with E-state index in [9.17, 15) is 0 Å². The smallest absolute Gasteiger partial charge is 0.231 e. The van der Waals surface area contributed by atoms with E-state index in [1.165, 1.54) is 0 Å². The van der Waals surface area contributed by atoms with Gasteiger partial charge in [0.1, 0.15) is 17.2 Å². The minimum atomic E-state index is 0.300. The summed E-state index contributed by atoms with van der Waals surface area (Å²) in [6, 6.07) is 9.49. The van der Waals surface area contributed by atoms with E-state index in [-0.39, 0.29) is 0 Å². The van der Waals surface area contributed by atoms with Crippen LogP contribution in [0.2, 0.25) is 0 Å². The minimum absolute atomic E-state index is 0.300. The highest BCUT2D eigenvalue weighted by molar-refractivity contribution is 7.13. The maximum atomic E-state index is 5.93. The molecule has 0 fully saturated rings. The van der Waals surface area contributed by atoms with Gasteiger partial charge >= 0.3 is 0 Å². The highest BCUT2D eigenvalue weighted by Crippen LogP contribution is 2.40. The van der Waals surface area contributed by atoms with E-state index in [2.05, 4.69) is 5.16 Å². The summed E-state index contributed by atoms with van der Waals surface area (Å²) in [5.41, 5.74) is 8.22. The largest absolute Gasteiger partial charge is 0.497 e. The van der Waals surface area contributed by atoms with Gasteiger partial charge in [-0.05, 0) is 23.6 Å². The van der Waals surface area contributed by atoms with Gasteiger partial charge in [0.25, 0.3) is 0 Å². The second-order valence-electron chi connectivity index (χ2n) is 4.35. The molecule has 108 valence electrons. The molecule has 0 spiro atoms. The van der Waals surface area contributed by atoms with Crippen molar-refractivity contribution in [2.75, 3.05) is 20.0 Å². The van der Waals surface area contributed by atoms with E-state index < -0.39 is 0 Å². The zero-order valence-corrected chi connectivity index (χ0v) is 12.4. The fourth-order valence-corrected chi connectivity index (χ4v) is 2.88. The first kappa shape index (κ1) is 13.5. The van der Waals surface area contributed by atoms with Gasteiger partial charge in [-0.2, -0.15) is 0 Å². The van der Waals surface area contributed by atoms with E-state index >= 15 is 0 Å². The third-order valence-electron chi connectivity index (χ3n) is 3.11. The Morgan fingerprint density at radius 1 is 1.14 bits per heavy atom. The molecule has 5 nitrogen and oxygen atoms in total. The van der Waals surface area contributed by atoms with Crippen molar-refractivity contribution in [3.63, 3.8) is 0 Å². The van der Waals surface area contributed by atoms with Gasteiger partial charge in [-0.3, -0.25) is 0 Å². The van der Waals surface area contributed by atoms with Crippen LogP contribution in [-0.4, -0.2) is 19.4 Å². The molecule has 0 aliphatic rings. The van der Waals surface area contributed by atoms with E-state index in [1.54, 1.807) is 31.6 Å². The van der Waals surface area contributed by atoms with Gasteiger partial charge in [-0.25, -0.2) is 0 Å². The first-order chi connectivity index (χ1) is 10.2. The molecule has 0 unspecified atom stereocenters. The molecule has 6 heteroatoms. The number of ether oxygens (including phenoxy) is 2. The lowest BCUT2D eigenvalue weighted by molar-refractivity contribution is 0.394. The number of anilines is 1. The number of nitrogen functional groups attached to an aromatic ring is 1. The Balaban J connectivity index is 2.18. The number of thiophene rings is 1. The summed E-state index contributed by atoms with van der Waals surface area (Å²) in [6.07, 6.45) is 0. The van der Waals surface area contributed by atoms with Crippen LogP contribution in [0.1, 0.15) is 0 Å². The molecule has 0 atom stereocenters. The molecule has 1 aromatic carbocycles. The van der Waals surface area contributed by atoms with Gasteiger partial charge in [0.15, 0.2) is 0 Å². The van der Waals surface area contributed by atoms with Crippen molar-refractivity contribution in [3.05, 3.63) is 35.7 Å². The lowest BCUT2D eigenvalue weighted by atomic mass is 10.1. The molecule has 2 heterocycles. The summed E-state index contributed by atoms with van der Waals surface area (Å²) in [5, 5.41) is 6.07. The van der Waals surface area contributed by atoms with Crippen LogP contribution >= 0.6 is 11.3 Å². The molecule has 3 aromatic rings. The maximum absolute atomic E-state index is 5.93. The number of rotatable bonds is 4. The zero-order valence-electron chi connectivity index (χ0n) is 11.6. The van der Waals surface area contributed by atoms with E-state index in [0.717, 1.165) is 16.0 Å². The number of nitrogens with two attached hydrogens (primary N) is 1. The Hall–Kier alpha value is -2.47. The van der Waals surface area contributed by atoms with Crippen molar-refractivity contribution in [2.24, 2.45) is 0 Å². The number of aromatic nitrogens is 1. The second kappa shape index (κ2) is 5.49. The lowest BCUT2D eigenvalue weighted by Gasteiger charge is -2.07. The van der Waals surface area contributed by atoms with Crippen molar-refractivity contribution in [2.45, 2.75) is 0 Å². The summed E-state index contributed by atoms with van der Waals surface area (Å²) in [5.74, 6) is 1.67. The molecule has 0 amide bonds. The van der Waals surface area contributed by atoms with Gasteiger partial charge < -0.3 is 19.7 Å². The molecule has 0 saturated carbocycles. The summed E-state index contributed by atoms with van der Waals surface area (Å²) >= 11 is 1.58. The van der Waals surface area contributed by atoms with Crippen molar-refractivity contribution < 1.29 is 14.0 Å². The molecule has 2 aromatic heterocycles. The molecular weight excluding hydrogens is 288 g/mol. The van der Waals surface area contributed by atoms with E-state index in [1.807, 2.05) is 29.6 Å². The summed E-state index contributed by atoms with van der Waals surface area (Å²) in [7, 11) is 3.21. The van der Waals surface area contributed by atoms with Gasteiger partial charge in [-0.1, -0.05) is 11.2 Å². The topological polar surface area (TPSA) is 70.5 Å². The van der Waals surface area contributed by atoms with E-state index in [0.29, 0.717) is 23.1 Å². The third-order valence-corrected chi connectivity index (χ3v) is 4.00. The van der Waals surface area contributed by atoms with Crippen LogP contribution in [0.15, 0.2) is 40.2 Å². The fraction of sp³-hybridized carbons (Fsp3) is 0.133. The SMILES string of the molecule is COc1cc(OC)cc(-c2noc(N)c2-c2cccs2)c1. The number of hydrogen-bond donors (Lipinski definition) is 1. The summed E-state index contributed by atoms with van der Waals surface area (Å²) < 4.78 is 15.8. The normalized spacial score (nSPS) is 10.6. The van der Waals surface area contributed by atoms with Crippen molar-refractivity contribution in [1.29, 1.82) is 0 Å². The number of methoxy groups -OCH3 is 2. The number of benzene rings is 1. The fourth-order valence-electron chi connectivity index (χ4n) is 2.10. The Morgan fingerprint density at radius 3 is 2.43 bits per heavy atom. The van der Waals surface area contributed by atoms with Crippen molar-refractivity contribution in [1.82, 2.24) is 5.16 Å². The first-order valence-corrected chi connectivity index (χ1v) is 7.13. The Kier molecular flexibility index (Phi) is 3.53. The Bertz CT molecular complexity index is 728. The first-order valence-electron chi connectivity index (χ1n) is 6.25. The second-order valence-corrected chi connectivity index (χ2v) is 5.30. The third kappa shape index (κ3) is 2.45. The van der Waals surface area contributed by atoms with E-state index in [4.69, 9.17) is 19.7 Å². The van der Waals surface area contributed by atoms with Gasteiger partial charge in [0.2, 0.25) is 5.88 Å². The lowest BCUT2D eigenvalue weighted by Crippen LogP contribution is -1.90. The molecule has 0 radical (unpaired) electrons. The molecular formula is C15H14N2O3S. The predicted molar refractivity (Wildman–Crippen MR) is 82.8 cm³/mol. The van der Waals surface area contributed by atoms with Crippen LogP contribution in [0.3, 0.4) is 0 Å². The van der Waals surface area contributed by atoms with Crippen LogP contribution in [-0.2, 0) is 0 Å². The average Bonchev–Trinajstić information content (AvgIpc) is 3.15. The molecule has 0 aliphatic heterocycles. The maximum Gasteiger partial charge on any atom is 0.231 e. The van der Waals surface area contributed by atoms with Crippen molar-refractivity contribution in [3.8, 4) is 33.2 Å². The van der Waals surface area contributed by atoms with Crippen LogP contribution in [0, 0.1) is 0 Å². The Morgan fingerprint density at radius 2 is 1.86 bits per heavy atom. The predicted octanol–water partition coefficient (Wildman–Crippen LogP) is 3.67. The highest BCUT2D eigenvalue weighted by atomic mass is 32.1. The zero-order chi connectivity index (χ0) is 14.8. The van der Waals surface area contributed by atoms with Gasteiger partial charge in [-0.15, -0.1) is 11.3 Å². The quantitative estimate of drug-likeness (QED) is 0.796. The number of hydrogen-bond acceptors (Lipinski definition) is 6. The number of nitrogens with zero attached hydrogens (tertiary/aromatic N) is 1. The van der Waals surface area contributed by atoms with Crippen LogP contribution in [0.4, 0.5) is 5.88 Å². The molecule has 3 rings (SSSR count). The highest BCUT2D eigenvalue weighted by Gasteiger charge is 2.19. The molecule has 21 heavy (non-hydrogen) atoms. The van der Waals surface area contributed by atoms with Gasteiger partial charge in [0.05, 0.1) is 19.8 Å². The van der Waals surface area contributed by atoms with Crippen LogP contribution < -0.4 is 15.2 Å². The molecule has 0 aliphatic carbocycles. The molecule has 0 saturated heterocycles. The van der Waals surface area contributed by atoms with Crippen LogP contribution in [0.5, 0.6) is 11.5 Å². The average molecular weight is 302 g/mol.